The molecule has 0 fully saturated rings. The molecule has 0 unspecified atom stereocenters. The first-order valence-electron chi connectivity index (χ1n) is 9.13. The molecule has 4 N–H and O–H groups in total. The third-order valence-electron chi connectivity index (χ3n) is 4.77. The average molecular weight is 417 g/mol. The van der Waals surface area contributed by atoms with Crippen LogP contribution in [0.4, 0.5) is 11.4 Å². The van der Waals surface area contributed by atoms with Crippen molar-refractivity contribution in [3.63, 3.8) is 0 Å². The molecule has 4 rings (SSSR count). The number of nitrogens with two attached hydrogens (primary N) is 1. The van der Waals surface area contributed by atoms with Crippen molar-refractivity contribution in [2.75, 3.05) is 11.9 Å². The van der Waals surface area contributed by atoms with E-state index in [-0.39, 0.29) is 40.3 Å². The first kappa shape index (κ1) is 19.9. The maximum atomic E-state index is 12.1. The van der Waals surface area contributed by atoms with Crippen molar-refractivity contribution in [3.05, 3.63) is 75.3 Å². The zero-order valence-electron chi connectivity index (χ0n) is 15.9. The molecule has 9 heteroatoms. The highest BCUT2D eigenvalue weighted by molar-refractivity contribution is 6.08. The van der Waals surface area contributed by atoms with Gasteiger partial charge in [0.05, 0.1) is 12.1 Å². The third kappa shape index (κ3) is 3.65. The van der Waals surface area contributed by atoms with Gasteiger partial charge < -0.3 is 20.6 Å². The third-order valence-corrected chi connectivity index (χ3v) is 4.77. The minimum Gasteiger partial charge on any atom is -0.478 e. The summed E-state index contributed by atoms with van der Waals surface area (Å²) in [5.41, 5.74) is 6.97. The number of hydrogen-bond acceptors (Lipinski definition) is 7. The molecule has 1 aliphatic heterocycles. The van der Waals surface area contributed by atoms with Gasteiger partial charge in [-0.25, -0.2) is 4.79 Å². The van der Waals surface area contributed by atoms with E-state index in [0.717, 1.165) is 0 Å². The van der Waals surface area contributed by atoms with Gasteiger partial charge in [0, 0.05) is 34.3 Å². The van der Waals surface area contributed by atoms with Crippen molar-refractivity contribution >= 4 is 34.2 Å². The van der Waals surface area contributed by atoms with E-state index in [4.69, 9.17) is 10.2 Å². The van der Waals surface area contributed by atoms with Crippen LogP contribution in [0, 0.1) is 4.91 Å². The summed E-state index contributed by atoms with van der Waals surface area (Å²) in [5.74, 6) is -1.45. The molecular weight excluding hydrogens is 402 g/mol. The zero-order valence-corrected chi connectivity index (χ0v) is 15.9. The van der Waals surface area contributed by atoms with Gasteiger partial charge in [0.2, 0.25) is 5.91 Å². The lowest BCUT2D eigenvalue weighted by Gasteiger charge is -2.17. The number of fused-ring (bicyclic) bond motifs is 2. The van der Waals surface area contributed by atoms with E-state index in [1.165, 1.54) is 30.3 Å². The highest BCUT2D eigenvalue weighted by atomic mass is 16.4. The highest BCUT2D eigenvalue weighted by Crippen LogP contribution is 2.42. The number of amides is 1. The molecule has 9 nitrogen and oxygen atoms in total. The molecule has 2 aromatic carbocycles. The fourth-order valence-corrected chi connectivity index (χ4v) is 3.44. The topological polar surface area (TPSA) is 152 Å². The van der Waals surface area contributed by atoms with E-state index in [1.807, 2.05) is 0 Å². The van der Waals surface area contributed by atoms with Crippen molar-refractivity contribution in [1.29, 1.82) is 0 Å². The lowest BCUT2D eigenvalue weighted by molar-refractivity contribution is -0.114. The number of carbonyl (C=O) groups is 2. The molecule has 0 radical (unpaired) electrons. The Kier molecular flexibility index (Phi) is 5.02. The molecule has 31 heavy (non-hydrogen) atoms. The van der Waals surface area contributed by atoms with Crippen LogP contribution in [0.15, 0.2) is 69.0 Å². The molecule has 0 saturated carbocycles. The van der Waals surface area contributed by atoms with E-state index in [0.29, 0.717) is 22.1 Å². The number of nitrogens with one attached hydrogen (secondary N) is 1. The minimum atomic E-state index is -1.22. The standard InChI is InChI=1S/C22H15N3O6/c23-10-20(27)24-11-1-4-14(17(7-11)22(28)29)21-15-5-2-12(25-30)8-18(15)31-19-9-13(26)3-6-16(19)21/h1-9H,10,23H2,(H,24,27)(H,28,29). The number of rotatable bonds is 5. The van der Waals surface area contributed by atoms with E-state index < -0.39 is 11.9 Å². The first-order valence-corrected chi connectivity index (χ1v) is 9.13. The fraction of sp³-hybridized carbons (Fsp3) is 0.0455. The van der Waals surface area contributed by atoms with E-state index in [1.54, 1.807) is 24.3 Å². The minimum absolute atomic E-state index is 0.0765. The molecule has 2 aliphatic rings. The summed E-state index contributed by atoms with van der Waals surface area (Å²) in [7, 11) is 0. The van der Waals surface area contributed by atoms with Gasteiger partial charge in [0.15, 0.2) is 5.43 Å². The van der Waals surface area contributed by atoms with Crippen LogP contribution in [0.25, 0.3) is 33.4 Å². The number of benzene rings is 3. The number of carboxylic acid groups (broad SMARTS) is 1. The number of anilines is 1. The summed E-state index contributed by atoms with van der Waals surface area (Å²) in [4.78, 5) is 46.5. The lowest BCUT2D eigenvalue weighted by Crippen LogP contribution is -2.22. The molecule has 1 aliphatic carbocycles. The average Bonchev–Trinajstić information content (AvgIpc) is 2.76. The van der Waals surface area contributed by atoms with Crippen molar-refractivity contribution in [2.45, 2.75) is 0 Å². The molecule has 0 atom stereocenters. The van der Waals surface area contributed by atoms with Crippen molar-refractivity contribution < 1.29 is 19.1 Å². The molecule has 0 saturated heterocycles. The van der Waals surface area contributed by atoms with Crippen molar-refractivity contribution in [2.24, 2.45) is 10.9 Å². The Morgan fingerprint density at radius 2 is 1.81 bits per heavy atom. The summed E-state index contributed by atoms with van der Waals surface area (Å²) >= 11 is 0. The second kappa shape index (κ2) is 7.81. The van der Waals surface area contributed by atoms with Gasteiger partial charge in [-0.05, 0) is 47.1 Å². The van der Waals surface area contributed by atoms with E-state index in [9.17, 15) is 24.4 Å². The predicted octanol–water partition coefficient (Wildman–Crippen LogP) is 3.56. The highest BCUT2D eigenvalue weighted by Gasteiger charge is 2.22. The van der Waals surface area contributed by atoms with Crippen LogP contribution in [0.2, 0.25) is 0 Å². The SMILES string of the molecule is NCC(=O)Nc1ccc(-c2c3ccc(=O)cc-3oc3cc(N=O)ccc23)c(C(=O)O)c1. The normalized spacial score (nSPS) is 10.9. The Balaban J connectivity index is 2.06. The molecular formula is C22H15N3O6. The molecule has 1 heterocycles. The van der Waals surface area contributed by atoms with Gasteiger partial charge in [-0.3, -0.25) is 9.59 Å². The Morgan fingerprint density at radius 3 is 2.52 bits per heavy atom. The quantitative estimate of drug-likeness (QED) is 0.331. The zero-order chi connectivity index (χ0) is 22.1. The van der Waals surface area contributed by atoms with Crippen LogP contribution < -0.4 is 16.5 Å². The number of aromatic carboxylic acids is 1. The van der Waals surface area contributed by atoms with Gasteiger partial charge in [-0.1, -0.05) is 6.07 Å². The van der Waals surface area contributed by atoms with Crippen LogP contribution in [0.1, 0.15) is 10.4 Å². The van der Waals surface area contributed by atoms with Gasteiger partial charge in [-0.2, -0.15) is 0 Å². The maximum absolute atomic E-state index is 12.1. The number of hydrogen-bond donors (Lipinski definition) is 3. The van der Waals surface area contributed by atoms with Gasteiger partial charge >= 0.3 is 5.97 Å². The summed E-state index contributed by atoms with van der Waals surface area (Å²) < 4.78 is 5.81. The van der Waals surface area contributed by atoms with Crippen LogP contribution >= 0.6 is 0 Å². The monoisotopic (exact) mass is 417 g/mol. The molecule has 0 spiro atoms. The molecule has 2 aromatic rings. The van der Waals surface area contributed by atoms with Gasteiger partial charge in [0.1, 0.15) is 17.0 Å². The predicted molar refractivity (Wildman–Crippen MR) is 115 cm³/mol. The number of nitrogens with zero attached hydrogens (tertiary/aromatic N) is 1. The first-order chi connectivity index (χ1) is 14.9. The Labute approximate surface area is 174 Å². The summed E-state index contributed by atoms with van der Waals surface area (Å²) in [6.07, 6.45) is 0. The Hall–Kier alpha value is -4.37. The van der Waals surface area contributed by atoms with E-state index in [2.05, 4.69) is 10.5 Å². The van der Waals surface area contributed by atoms with Crippen LogP contribution in [-0.2, 0) is 4.79 Å². The van der Waals surface area contributed by atoms with Crippen LogP contribution in [0.3, 0.4) is 0 Å². The van der Waals surface area contributed by atoms with Gasteiger partial charge in [-0.15, -0.1) is 4.91 Å². The smallest absolute Gasteiger partial charge is 0.336 e. The molecule has 0 bridgehead atoms. The van der Waals surface area contributed by atoms with Gasteiger partial charge in [0.25, 0.3) is 0 Å². The number of carboxylic acids is 1. The maximum Gasteiger partial charge on any atom is 0.336 e. The fourth-order valence-electron chi connectivity index (χ4n) is 3.44. The lowest BCUT2D eigenvalue weighted by atomic mass is 9.90. The Morgan fingerprint density at radius 1 is 1.03 bits per heavy atom. The largest absolute Gasteiger partial charge is 0.478 e. The second-order valence-electron chi connectivity index (χ2n) is 6.72. The second-order valence-corrected chi connectivity index (χ2v) is 6.72. The van der Waals surface area contributed by atoms with Crippen molar-refractivity contribution in [1.82, 2.24) is 0 Å². The summed E-state index contributed by atoms with van der Waals surface area (Å²) in [6, 6.07) is 13.1. The molecule has 154 valence electrons. The van der Waals surface area contributed by atoms with Crippen molar-refractivity contribution in [3.8, 4) is 22.5 Å². The van der Waals surface area contributed by atoms with E-state index >= 15 is 0 Å². The number of nitroso groups, excluding NO2 is 1. The summed E-state index contributed by atoms with van der Waals surface area (Å²) in [5, 5.41) is 15.8. The molecule has 0 aromatic heterocycles. The molecule has 1 amide bonds. The Bertz CT molecular complexity index is 1390. The summed E-state index contributed by atoms with van der Waals surface area (Å²) in [6.45, 7) is -0.246. The van der Waals surface area contributed by atoms with Crippen LogP contribution in [-0.4, -0.2) is 23.5 Å². The van der Waals surface area contributed by atoms with Crippen LogP contribution in [0.5, 0.6) is 0 Å². The number of carbonyl (C=O) groups excluding carboxylic acids is 1.